The van der Waals surface area contributed by atoms with Crippen LogP contribution in [0.2, 0.25) is 0 Å². The van der Waals surface area contributed by atoms with E-state index in [0.29, 0.717) is 25.4 Å². The lowest BCUT2D eigenvalue weighted by atomic mass is 10.3. The highest BCUT2D eigenvalue weighted by Gasteiger charge is 2.47. The van der Waals surface area contributed by atoms with E-state index in [1.54, 1.807) is 14.0 Å². The van der Waals surface area contributed by atoms with E-state index in [1.807, 2.05) is 0 Å². The summed E-state index contributed by atoms with van der Waals surface area (Å²) in [7, 11) is 0.417. The first-order valence-corrected chi connectivity index (χ1v) is 7.66. The fourth-order valence-corrected chi connectivity index (χ4v) is 5.10. The van der Waals surface area contributed by atoms with Gasteiger partial charge in [-0.15, -0.1) is 11.8 Å². The number of hydrogen-bond acceptors (Lipinski definition) is 5. The standard InChI is InChI=1S/C10H18O4S2/c1-3-14-9(11)10(5-6-13-2)15-7-4-8-16(10)12/h3-8H2,1-2H3. The van der Waals surface area contributed by atoms with Crippen LogP contribution in [0.15, 0.2) is 0 Å². The molecule has 6 heteroatoms. The zero-order chi connectivity index (χ0) is 12.0. The molecule has 0 spiro atoms. The number of hydrogen-bond donors (Lipinski definition) is 0. The van der Waals surface area contributed by atoms with Gasteiger partial charge in [0, 0.05) is 36.7 Å². The molecule has 1 heterocycles. The second kappa shape index (κ2) is 6.61. The molecule has 94 valence electrons. The Balaban J connectivity index is 2.81. The zero-order valence-electron chi connectivity index (χ0n) is 9.69. The van der Waals surface area contributed by atoms with Gasteiger partial charge in [-0.05, 0) is 19.1 Å². The third kappa shape index (κ3) is 2.99. The first kappa shape index (κ1) is 14.0. The molecule has 0 saturated carbocycles. The summed E-state index contributed by atoms with van der Waals surface area (Å²) < 4.78 is 21.2. The number of esters is 1. The molecule has 0 radical (unpaired) electrons. The normalized spacial score (nSPS) is 30.0. The van der Waals surface area contributed by atoms with Crippen LogP contribution in [0.4, 0.5) is 0 Å². The number of methoxy groups -OCH3 is 1. The molecule has 1 rings (SSSR count). The molecule has 16 heavy (non-hydrogen) atoms. The molecular formula is C10H18O4S2. The van der Waals surface area contributed by atoms with Gasteiger partial charge in [-0.3, -0.25) is 4.21 Å². The first-order valence-electron chi connectivity index (χ1n) is 5.36. The van der Waals surface area contributed by atoms with Crippen molar-refractivity contribution in [1.29, 1.82) is 0 Å². The fraction of sp³-hybridized carbons (Fsp3) is 0.900. The molecule has 1 aliphatic heterocycles. The van der Waals surface area contributed by atoms with Gasteiger partial charge in [0.15, 0.2) is 4.08 Å². The molecule has 4 nitrogen and oxygen atoms in total. The molecule has 1 aliphatic rings. The van der Waals surface area contributed by atoms with Gasteiger partial charge in [0.05, 0.1) is 6.61 Å². The molecule has 0 bridgehead atoms. The average Bonchev–Trinajstić information content (AvgIpc) is 2.28. The summed E-state index contributed by atoms with van der Waals surface area (Å²) >= 11 is 1.45. The summed E-state index contributed by atoms with van der Waals surface area (Å²) in [5.41, 5.74) is 0. The van der Waals surface area contributed by atoms with Gasteiger partial charge >= 0.3 is 5.97 Å². The monoisotopic (exact) mass is 266 g/mol. The van der Waals surface area contributed by atoms with Crippen molar-refractivity contribution in [2.24, 2.45) is 0 Å². The van der Waals surface area contributed by atoms with Gasteiger partial charge in [0.2, 0.25) is 0 Å². The Labute approximate surface area is 103 Å². The van der Waals surface area contributed by atoms with Crippen molar-refractivity contribution in [3.8, 4) is 0 Å². The first-order chi connectivity index (χ1) is 7.67. The Morgan fingerprint density at radius 3 is 2.88 bits per heavy atom. The maximum absolute atomic E-state index is 12.1. The molecule has 1 fully saturated rings. The summed E-state index contributed by atoms with van der Waals surface area (Å²) in [5, 5.41) is 0. The third-order valence-electron chi connectivity index (χ3n) is 2.40. The summed E-state index contributed by atoms with van der Waals surface area (Å²) in [6.07, 6.45) is 1.35. The predicted octanol–water partition coefficient (Wildman–Crippen LogP) is 1.17. The smallest absolute Gasteiger partial charge is 0.335 e. The van der Waals surface area contributed by atoms with Crippen molar-refractivity contribution < 1.29 is 18.5 Å². The summed E-state index contributed by atoms with van der Waals surface area (Å²) in [6.45, 7) is 2.52. The van der Waals surface area contributed by atoms with Gasteiger partial charge in [0.1, 0.15) is 0 Å². The minimum absolute atomic E-state index is 0.325. The SMILES string of the molecule is CCOC(=O)C1(CCOC)SCCCS1=O. The number of ether oxygens (including phenoxy) is 2. The van der Waals surface area contributed by atoms with E-state index in [0.717, 1.165) is 12.2 Å². The lowest BCUT2D eigenvalue weighted by Crippen LogP contribution is -2.45. The van der Waals surface area contributed by atoms with Crippen molar-refractivity contribution in [2.45, 2.75) is 23.8 Å². The van der Waals surface area contributed by atoms with Crippen LogP contribution < -0.4 is 0 Å². The highest BCUT2D eigenvalue weighted by Crippen LogP contribution is 2.38. The van der Waals surface area contributed by atoms with Crippen molar-refractivity contribution >= 4 is 28.5 Å². The van der Waals surface area contributed by atoms with Crippen LogP contribution in [0.5, 0.6) is 0 Å². The molecule has 0 aromatic heterocycles. The van der Waals surface area contributed by atoms with E-state index >= 15 is 0 Å². The average molecular weight is 266 g/mol. The molecule has 2 unspecified atom stereocenters. The number of carbonyl (C=O) groups is 1. The van der Waals surface area contributed by atoms with E-state index in [4.69, 9.17) is 9.47 Å². The van der Waals surface area contributed by atoms with Crippen molar-refractivity contribution in [3.05, 3.63) is 0 Å². The molecule has 0 N–H and O–H groups in total. The number of thioether (sulfide) groups is 1. The Bertz CT molecular complexity index is 270. The third-order valence-corrected chi connectivity index (χ3v) is 6.41. The lowest BCUT2D eigenvalue weighted by Gasteiger charge is -2.32. The van der Waals surface area contributed by atoms with E-state index in [9.17, 15) is 9.00 Å². The van der Waals surface area contributed by atoms with Crippen LogP contribution in [-0.4, -0.2) is 46.1 Å². The van der Waals surface area contributed by atoms with Gasteiger partial charge < -0.3 is 9.47 Å². The topological polar surface area (TPSA) is 52.6 Å². The zero-order valence-corrected chi connectivity index (χ0v) is 11.3. The van der Waals surface area contributed by atoms with Gasteiger partial charge in [0.25, 0.3) is 0 Å². The minimum atomic E-state index is -1.16. The maximum atomic E-state index is 12.1. The van der Waals surface area contributed by atoms with Crippen LogP contribution in [-0.2, 0) is 25.1 Å². The maximum Gasteiger partial charge on any atom is 0.335 e. The highest BCUT2D eigenvalue weighted by molar-refractivity contribution is 8.14. The Morgan fingerprint density at radius 2 is 2.31 bits per heavy atom. The Kier molecular flexibility index (Phi) is 5.78. The minimum Gasteiger partial charge on any atom is -0.464 e. The quantitative estimate of drug-likeness (QED) is 0.699. The van der Waals surface area contributed by atoms with Crippen LogP contribution in [0.25, 0.3) is 0 Å². The summed E-state index contributed by atoms with van der Waals surface area (Å²) in [5.74, 6) is 1.08. The Morgan fingerprint density at radius 1 is 1.56 bits per heavy atom. The van der Waals surface area contributed by atoms with Gasteiger partial charge in [-0.25, -0.2) is 4.79 Å². The van der Waals surface area contributed by atoms with Gasteiger partial charge in [-0.2, -0.15) is 0 Å². The van der Waals surface area contributed by atoms with E-state index in [2.05, 4.69) is 0 Å². The number of carbonyl (C=O) groups excluding carboxylic acids is 1. The predicted molar refractivity (Wildman–Crippen MR) is 65.9 cm³/mol. The molecule has 1 saturated heterocycles. The van der Waals surface area contributed by atoms with Crippen LogP contribution >= 0.6 is 11.8 Å². The fourth-order valence-electron chi connectivity index (χ4n) is 1.58. The molecular weight excluding hydrogens is 248 g/mol. The molecule has 0 amide bonds. The van der Waals surface area contributed by atoms with Crippen molar-refractivity contribution in [2.75, 3.05) is 31.8 Å². The van der Waals surface area contributed by atoms with Crippen LogP contribution in [0, 0.1) is 0 Å². The molecule has 0 aliphatic carbocycles. The summed E-state index contributed by atoms with van der Waals surface area (Å²) in [4.78, 5) is 11.9. The molecule has 0 aromatic rings. The van der Waals surface area contributed by atoms with Crippen molar-refractivity contribution in [1.82, 2.24) is 0 Å². The largest absolute Gasteiger partial charge is 0.464 e. The lowest BCUT2D eigenvalue weighted by molar-refractivity contribution is -0.143. The molecule has 2 atom stereocenters. The van der Waals surface area contributed by atoms with Crippen molar-refractivity contribution in [3.63, 3.8) is 0 Å². The molecule has 0 aromatic carbocycles. The highest BCUT2D eigenvalue weighted by atomic mass is 32.2. The second-order valence-corrected chi connectivity index (χ2v) is 6.92. The van der Waals surface area contributed by atoms with Crippen LogP contribution in [0.1, 0.15) is 19.8 Å². The van der Waals surface area contributed by atoms with E-state index in [1.165, 1.54) is 11.8 Å². The number of rotatable bonds is 5. The second-order valence-electron chi connectivity index (χ2n) is 3.47. The van der Waals surface area contributed by atoms with E-state index in [-0.39, 0.29) is 5.97 Å². The van der Waals surface area contributed by atoms with E-state index < -0.39 is 14.9 Å². The Hall–Kier alpha value is -0.0700. The van der Waals surface area contributed by atoms with Crippen LogP contribution in [0.3, 0.4) is 0 Å². The van der Waals surface area contributed by atoms with Gasteiger partial charge in [-0.1, -0.05) is 0 Å². The summed E-state index contributed by atoms with van der Waals surface area (Å²) in [6, 6.07) is 0.